The van der Waals surface area contributed by atoms with Crippen LogP contribution < -0.4 is 10.0 Å². The molecule has 0 aromatic rings. The number of unbranched alkanes of at least 4 members (excludes halogenated alkanes) is 1. The fourth-order valence-electron chi connectivity index (χ4n) is 2.64. The van der Waals surface area contributed by atoms with Crippen molar-refractivity contribution in [3.8, 4) is 0 Å². The van der Waals surface area contributed by atoms with Crippen molar-refractivity contribution in [3.05, 3.63) is 0 Å². The van der Waals surface area contributed by atoms with Crippen LogP contribution >= 0.6 is 0 Å². The van der Waals surface area contributed by atoms with Crippen LogP contribution in [0, 0.1) is 5.41 Å². The number of nitrogens with one attached hydrogen (secondary N) is 2. The number of hydrogen-bond donors (Lipinski definition) is 2. The van der Waals surface area contributed by atoms with Gasteiger partial charge in [0.2, 0.25) is 10.0 Å². The van der Waals surface area contributed by atoms with Gasteiger partial charge in [-0.3, -0.25) is 0 Å². The molecule has 0 aliphatic carbocycles. The van der Waals surface area contributed by atoms with Gasteiger partial charge in [0.1, 0.15) is 0 Å². The van der Waals surface area contributed by atoms with Crippen molar-refractivity contribution in [2.75, 3.05) is 12.3 Å². The Balaban J connectivity index is 4.18. The normalized spacial score (nSPS) is 14.0. The summed E-state index contributed by atoms with van der Waals surface area (Å²) in [7, 11) is -3.19. The average Bonchev–Trinajstić information content (AvgIpc) is 2.09. The molecule has 5 heteroatoms. The van der Waals surface area contributed by atoms with Crippen molar-refractivity contribution in [2.45, 2.75) is 79.3 Å². The maximum Gasteiger partial charge on any atom is 0.212 e. The predicted octanol–water partition coefficient (Wildman–Crippen LogP) is 2.90. The van der Waals surface area contributed by atoms with E-state index in [2.05, 4.69) is 44.7 Å². The van der Waals surface area contributed by atoms with Gasteiger partial charge in [-0.1, -0.05) is 34.6 Å². The van der Waals surface area contributed by atoms with Crippen molar-refractivity contribution >= 4 is 10.0 Å². The summed E-state index contributed by atoms with van der Waals surface area (Å²) in [5.41, 5.74) is -0.291. The molecule has 0 aromatic carbocycles. The summed E-state index contributed by atoms with van der Waals surface area (Å²) in [6.45, 7) is 15.3. The molecule has 0 unspecified atom stereocenters. The Bertz CT molecular complexity index is 368. The molecule has 2 N–H and O–H groups in total. The molecule has 0 amide bonds. The fourth-order valence-corrected chi connectivity index (χ4v) is 4.24. The first-order chi connectivity index (χ1) is 8.83. The fraction of sp³-hybridized carbons (Fsp3) is 1.00. The zero-order valence-corrected chi connectivity index (χ0v) is 15.2. The first kappa shape index (κ1) is 19.9. The van der Waals surface area contributed by atoms with Gasteiger partial charge in [-0.2, -0.15) is 0 Å². The zero-order chi connectivity index (χ0) is 16.0. The molecule has 0 rings (SSSR count). The van der Waals surface area contributed by atoms with Crippen LogP contribution in [0.5, 0.6) is 0 Å². The summed E-state index contributed by atoms with van der Waals surface area (Å²) in [4.78, 5) is 0. The molecule has 4 nitrogen and oxygen atoms in total. The topological polar surface area (TPSA) is 58.2 Å². The van der Waals surface area contributed by atoms with Gasteiger partial charge in [-0.05, 0) is 45.1 Å². The van der Waals surface area contributed by atoms with Gasteiger partial charge in [0.15, 0.2) is 0 Å². The molecule has 0 aliphatic heterocycles. The largest absolute Gasteiger partial charge is 0.315 e. The van der Waals surface area contributed by atoms with Gasteiger partial charge >= 0.3 is 0 Å². The van der Waals surface area contributed by atoms with Crippen LogP contribution in [-0.2, 0) is 10.0 Å². The predicted molar refractivity (Wildman–Crippen MR) is 87.4 cm³/mol. The van der Waals surface area contributed by atoms with Gasteiger partial charge < -0.3 is 5.32 Å². The highest BCUT2D eigenvalue weighted by molar-refractivity contribution is 7.89. The third kappa shape index (κ3) is 11.7. The third-order valence-corrected chi connectivity index (χ3v) is 4.49. The maximum atomic E-state index is 12.1. The first-order valence-corrected chi connectivity index (χ1v) is 9.23. The quantitative estimate of drug-likeness (QED) is 0.644. The molecule has 122 valence electrons. The Kier molecular flexibility index (Phi) is 7.71. The van der Waals surface area contributed by atoms with E-state index in [0.717, 1.165) is 19.4 Å². The lowest BCUT2D eigenvalue weighted by atomic mass is 9.82. The smallest absolute Gasteiger partial charge is 0.212 e. The van der Waals surface area contributed by atoms with Crippen molar-refractivity contribution in [2.24, 2.45) is 5.41 Å². The second-order valence-corrected chi connectivity index (χ2v) is 9.70. The van der Waals surface area contributed by atoms with E-state index in [1.54, 1.807) is 0 Å². The Labute approximate surface area is 126 Å². The van der Waals surface area contributed by atoms with Gasteiger partial charge in [-0.25, -0.2) is 13.1 Å². The highest BCUT2D eigenvalue weighted by Crippen LogP contribution is 2.27. The minimum atomic E-state index is -3.19. The first-order valence-electron chi connectivity index (χ1n) is 7.58. The van der Waals surface area contributed by atoms with Gasteiger partial charge in [0.25, 0.3) is 0 Å². The molecule has 0 saturated heterocycles. The van der Waals surface area contributed by atoms with Crippen molar-refractivity contribution in [1.82, 2.24) is 10.0 Å². The van der Waals surface area contributed by atoms with Gasteiger partial charge in [-0.15, -0.1) is 0 Å². The Hall–Kier alpha value is -0.130. The van der Waals surface area contributed by atoms with Gasteiger partial charge in [0.05, 0.1) is 5.75 Å². The van der Waals surface area contributed by atoms with Crippen LogP contribution in [0.1, 0.15) is 67.7 Å². The Morgan fingerprint density at radius 1 is 1.00 bits per heavy atom. The van der Waals surface area contributed by atoms with Crippen molar-refractivity contribution in [3.63, 3.8) is 0 Å². The molecule has 0 atom stereocenters. The molecule has 0 radical (unpaired) electrons. The monoisotopic (exact) mass is 306 g/mol. The minimum Gasteiger partial charge on any atom is -0.315 e. The maximum absolute atomic E-state index is 12.1. The molecular weight excluding hydrogens is 272 g/mol. The van der Waals surface area contributed by atoms with E-state index in [1.807, 2.05) is 13.8 Å². The summed E-state index contributed by atoms with van der Waals surface area (Å²) in [5, 5.41) is 3.30. The van der Waals surface area contributed by atoms with E-state index < -0.39 is 15.6 Å². The minimum absolute atomic E-state index is 0.104. The van der Waals surface area contributed by atoms with E-state index in [-0.39, 0.29) is 11.2 Å². The number of rotatable bonds is 9. The Morgan fingerprint density at radius 3 is 2.00 bits per heavy atom. The highest BCUT2D eigenvalue weighted by atomic mass is 32.2. The van der Waals surface area contributed by atoms with Gasteiger partial charge in [0, 0.05) is 11.6 Å². The standard InChI is InChI=1S/C15H34N2O2S/c1-13(2)16-10-8-9-11-20(18,19)17-15(6,7)12-14(3,4)5/h13,16-17H,8-12H2,1-7H3. The molecule has 0 heterocycles. The van der Waals surface area contributed by atoms with Crippen molar-refractivity contribution in [1.29, 1.82) is 0 Å². The second kappa shape index (κ2) is 7.76. The Morgan fingerprint density at radius 2 is 1.55 bits per heavy atom. The van der Waals surface area contributed by atoms with E-state index in [1.165, 1.54) is 0 Å². The number of hydrogen-bond acceptors (Lipinski definition) is 3. The summed E-state index contributed by atoms with van der Waals surface area (Å²) in [5.74, 6) is 0.209. The lowest BCUT2D eigenvalue weighted by Crippen LogP contribution is -2.46. The molecule has 20 heavy (non-hydrogen) atoms. The molecule has 0 saturated carbocycles. The van der Waals surface area contributed by atoms with Crippen LogP contribution in [0.3, 0.4) is 0 Å². The summed E-state index contributed by atoms with van der Waals surface area (Å²) in [6, 6.07) is 0.454. The SMILES string of the molecule is CC(C)NCCCCS(=O)(=O)NC(C)(C)CC(C)(C)C. The second-order valence-electron chi connectivity index (χ2n) is 7.86. The zero-order valence-electron chi connectivity index (χ0n) is 14.3. The molecule has 0 aromatic heterocycles. The lowest BCUT2D eigenvalue weighted by molar-refractivity contribution is 0.269. The molecule has 0 spiro atoms. The van der Waals surface area contributed by atoms with E-state index in [0.29, 0.717) is 12.5 Å². The molecular formula is C15H34N2O2S. The average molecular weight is 307 g/mol. The van der Waals surface area contributed by atoms with Crippen LogP contribution in [-0.4, -0.2) is 32.3 Å². The molecule has 0 fully saturated rings. The van der Waals surface area contributed by atoms with Crippen LogP contribution in [0.2, 0.25) is 0 Å². The third-order valence-electron chi connectivity index (χ3n) is 2.80. The lowest BCUT2D eigenvalue weighted by Gasteiger charge is -2.33. The van der Waals surface area contributed by atoms with Crippen LogP contribution in [0.4, 0.5) is 0 Å². The van der Waals surface area contributed by atoms with E-state index in [4.69, 9.17) is 0 Å². The van der Waals surface area contributed by atoms with E-state index >= 15 is 0 Å². The summed E-state index contributed by atoms with van der Waals surface area (Å²) >= 11 is 0. The van der Waals surface area contributed by atoms with Crippen LogP contribution in [0.15, 0.2) is 0 Å². The summed E-state index contributed by atoms with van der Waals surface area (Å²) < 4.78 is 27.0. The highest BCUT2D eigenvalue weighted by Gasteiger charge is 2.29. The molecule has 0 bridgehead atoms. The number of sulfonamides is 1. The molecule has 0 aliphatic rings. The van der Waals surface area contributed by atoms with Crippen LogP contribution in [0.25, 0.3) is 0 Å². The van der Waals surface area contributed by atoms with Crippen molar-refractivity contribution < 1.29 is 8.42 Å². The van der Waals surface area contributed by atoms with E-state index in [9.17, 15) is 8.42 Å². The summed E-state index contributed by atoms with van der Waals surface area (Å²) in [6.07, 6.45) is 2.40.